The van der Waals surface area contributed by atoms with Crippen molar-refractivity contribution in [1.29, 1.82) is 0 Å². The van der Waals surface area contributed by atoms with Crippen molar-refractivity contribution in [2.24, 2.45) is 0 Å². The first kappa shape index (κ1) is 17.6. The summed E-state index contributed by atoms with van der Waals surface area (Å²) in [6.45, 7) is 3.36. The molecule has 0 saturated carbocycles. The molecule has 1 aromatic carbocycles. The van der Waals surface area contributed by atoms with Crippen LogP contribution in [0.1, 0.15) is 23.7 Å². The summed E-state index contributed by atoms with van der Waals surface area (Å²) < 4.78 is 2.12. The smallest absolute Gasteiger partial charge is 0.316 e. The first-order valence-corrected chi connectivity index (χ1v) is 9.36. The normalized spacial score (nSPS) is 17.0. The quantitative estimate of drug-likeness (QED) is 0.729. The number of aromatic nitrogens is 3. The molecule has 0 unspecified atom stereocenters. The third-order valence-corrected chi connectivity index (χ3v) is 5.19. The van der Waals surface area contributed by atoms with Gasteiger partial charge >= 0.3 is 6.03 Å². The molecule has 0 bridgehead atoms. The van der Waals surface area contributed by atoms with E-state index in [1.807, 2.05) is 12.4 Å². The van der Waals surface area contributed by atoms with Crippen molar-refractivity contribution in [2.75, 3.05) is 27.2 Å². The highest BCUT2D eigenvalue weighted by Gasteiger charge is 2.25. The van der Waals surface area contributed by atoms with Gasteiger partial charge in [-0.15, -0.1) is 0 Å². The number of nitrogens with one attached hydrogen (secondary N) is 2. The van der Waals surface area contributed by atoms with Gasteiger partial charge in [-0.1, -0.05) is 12.1 Å². The zero-order valence-corrected chi connectivity index (χ0v) is 15.9. The molecule has 1 aliphatic heterocycles. The van der Waals surface area contributed by atoms with Crippen molar-refractivity contribution in [3.63, 3.8) is 0 Å². The highest BCUT2D eigenvalue weighted by atomic mass is 16.2. The molecule has 2 amide bonds. The number of nitrogens with zero attached hydrogens (tertiary/aromatic N) is 4. The zero-order valence-electron chi connectivity index (χ0n) is 15.9. The molecule has 0 fully saturated rings. The van der Waals surface area contributed by atoms with Crippen molar-refractivity contribution in [3.05, 3.63) is 54.0 Å². The fourth-order valence-corrected chi connectivity index (χ4v) is 3.83. The van der Waals surface area contributed by atoms with Crippen molar-refractivity contribution >= 4 is 16.9 Å². The number of rotatable bonds is 5. The molecule has 0 saturated heterocycles. The van der Waals surface area contributed by atoms with E-state index < -0.39 is 0 Å². The number of H-pyrrole nitrogens is 1. The first-order chi connectivity index (χ1) is 13.1. The summed E-state index contributed by atoms with van der Waals surface area (Å²) in [7, 11) is 3.51. The van der Waals surface area contributed by atoms with Gasteiger partial charge in [-0.2, -0.15) is 5.10 Å². The Labute approximate surface area is 158 Å². The fourth-order valence-electron chi connectivity index (χ4n) is 3.83. The van der Waals surface area contributed by atoms with Crippen LogP contribution < -0.4 is 5.32 Å². The van der Waals surface area contributed by atoms with E-state index in [9.17, 15) is 4.79 Å². The Morgan fingerprint density at radius 3 is 3.07 bits per heavy atom. The van der Waals surface area contributed by atoms with Gasteiger partial charge in [-0.3, -0.25) is 9.58 Å². The van der Waals surface area contributed by atoms with Crippen LogP contribution in [0.2, 0.25) is 0 Å². The molecule has 1 atom stereocenters. The van der Waals surface area contributed by atoms with Gasteiger partial charge in [0.15, 0.2) is 0 Å². The summed E-state index contributed by atoms with van der Waals surface area (Å²) >= 11 is 0. The molecule has 2 N–H and O–H groups in total. The molecule has 142 valence electrons. The lowest BCUT2D eigenvalue weighted by atomic mass is 10.1. The number of benzene rings is 1. The highest BCUT2D eigenvalue weighted by Crippen LogP contribution is 2.26. The number of urea groups is 1. The maximum atomic E-state index is 11.8. The number of hydrogen-bond donors (Lipinski definition) is 2. The maximum absolute atomic E-state index is 11.8. The Balaban J connectivity index is 1.46. The maximum Gasteiger partial charge on any atom is 0.316 e. The monoisotopic (exact) mass is 366 g/mol. The SMILES string of the molecule is CN(C)C(=O)NCC[C@@H]1CN(Cc2cccc3[nH]ccc23)Cc2ccnn21. The average molecular weight is 366 g/mol. The van der Waals surface area contributed by atoms with Crippen LogP contribution in [0.3, 0.4) is 0 Å². The van der Waals surface area contributed by atoms with Crippen LogP contribution in [0, 0.1) is 0 Å². The molecule has 4 rings (SSSR count). The van der Waals surface area contributed by atoms with E-state index in [0.29, 0.717) is 6.54 Å². The second-order valence-electron chi connectivity index (χ2n) is 7.36. The van der Waals surface area contributed by atoms with E-state index in [4.69, 9.17) is 0 Å². The molecular weight excluding hydrogens is 340 g/mol. The number of aromatic amines is 1. The van der Waals surface area contributed by atoms with Crippen molar-refractivity contribution in [3.8, 4) is 0 Å². The Kier molecular flexibility index (Phi) is 4.85. The number of fused-ring (bicyclic) bond motifs is 2. The Morgan fingerprint density at radius 2 is 2.22 bits per heavy atom. The molecule has 3 heterocycles. The van der Waals surface area contributed by atoms with Gasteiger partial charge in [0.05, 0.1) is 11.7 Å². The summed E-state index contributed by atoms with van der Waals surface area (Å²) in [6, 6.07) is 10.9. The van der Waals surface area contributed by atoms with Crippen molar-refractivity contribution < 1.29 is 4.79 Å². The largest absolute Gasteiger partial charge is 0.361 e. The molecule has 7 heteroatoms. The third kappa shape index (κ3) is 3.68. The van der Waals surface area contributed by atoms with Gasteiger partial charge < -0.3 is 15.2 Å². The van der Waals surface area contributed by atoms with Crippen LogP contribution in [0.15, 0.2) is 42.7 Å². The first-order valence-electron chi connectivity index (χ1n) is 9.36. The summed E-state index contributed by atoms with van der Waals surface area (Å²) in [5.74, 6) is 0. The molecule has 3 aromatic rings. The lowest BCUT2D eigenvalue weighted by Crippen LogP contribution is -2.40. The van der Waals surface area contributed by atoms with Crippen LogP contribution >= 0.6 is 0 Å². The Bertz CT molecular complexity index is 927. The Morgan fingerprint density at radius 1 is 1.33 bits per heavy atom. The van der Waals surface area contributed by atoms with Gasteiger partial charge in [0.2, 0.25) is 0 Å². The van der Waals surface area contributed by atoms with E-state index in [1.165, 1.54) is 22.2 Å². The van der Waals surface area contributed by atoms with E-state index in [1.54, 1.807) is 19.0 Å². The topological polar surface area (TPSA) is 69.2 Å². The molecule has 27 heavy (non-hydrogen) atoms. The molecule has 0 radical (unpaired) electrons. The van der Waals surface area contributed by atoms with E-state index in [2.05, 4.69) is 55.3 Å². The van der Waals surface area contributed by atoms with Crippen LogP contribution in [0.4, 0.5) is 4.79 Å². The predicted octanol–water partition coefficient (Wildman–Crippen LogP) is 2.58. The van der Waals surface area contributed by atoms with E-state index in [0.717, 1.165) is 26.1 Å². The lowest BCUT2D eigenvalue weighted by molar-refractivity contribution is 0.161. The third-order valence-electron chi connectivity index (χ3n) is 5.19. The van der Waals surface area contributed by atoms with Gasteiger partial charge in [0.25, 0.3) is 0 Å². The van der Waals surface area contributed by atoms with Crippen molar-refractivity contribution in [1.82, 2.24) is 29.9 Å². The molecular formula is C20H26N6O. The predicted molar refractivity (Wildman–Crippen MR) is 105 cm³/mol. The van der Waals surface area contributed by atoms with Gasteiger partial charge in [-0.25, -0.2) is 4.79 Å². The zero-order chi connectivity index (χ0) is 18.8. The van der Waals surface area contributed by atoms with E-state index >= 15 is 0 Å². The van der Waals surface area contributed by atoms with Crippen LogP contribution in [0.25, 0.3) is 10.9 Å². The van der Waals surface area contributed by atoms with Gasteiger partial charge in [0.1, 0.15) is 0 Å². The van der Waals surface area contributed by atoms with Gasteiger partial charge in [-0.05, 0) is 30.2 Å². The Hall–Kier alpha value is -2.80. The lowest BCUT2D eigenvalue weighted by Gasteiger charge is -2.34. The average Bonchev–Trinajstić information content (AvgIpc) is 3.30. The molecule has 0 spiro atoms. The number of hydrogen-bond acceptors (Lipinski definition) is 3. The summed E-state index contributed by atoms with van der Waals surface area (Å²) in [6.07, 6.45) is 4.73. The molecule has 0 aliphatic carbocycles. The van der Waals surface area contributed by atoms with Crippen molar-refractivity contribution in [2.45, 2.75) is 25.6 Å². The molecule has 1 aliphatic rings. The highest BCUT2D eigenvalue weighted by molar-refractivity contribution is 5.82. The minimum Gasteiger partial charge on any atom is -0.361 e. The standard InChI is InChI=1S/C20H26N6O/c1-24(2)20(27)22-9-6-16-13-25(14-17-7-11-23-26(16)17)12-15-4-3-5-19-18(15)8-10-21-19/h3-5,7-8,10-11,16,21H,6,9,12-14H2,1-2H3,(H,22,27)/t16-/m1/s1. The minimum atomic E-state index is -0.0533. The van der Waals surface area contributed by atoms with Crippen LogP contribution in [0.5, 0.6) is 0 Å². The summed E-state index contributed by atoms with van der Waals surface area (Å²) in [5, 5.41) is 8.76. The van der Waals surface area contributed by atoms with Crippen LogP contribution in [-0.4, -0.2) is 57.8 Å². The van der Waals surface area contributed by atoms with Gasteiger partial charge in [0, 0.05) is 63.6 Å². The molecule has 7 nitrogen and oxygen atoms in total. The molecule has 2 aromatic heterocycles. The number of carbonyl (C=O) groups is 1. The fraction of sp³-hybridized carbons (Fsp3) is 0.400. The minimum absolute atomic E-state index is 0.0533. The number of carbonyl (C=O) groups excluding carboxylic acids is 1. The summed E-state index contributed by atoms with van der Waals surface area (Å²) in [5.41, 5.74) is 3.74. The van der Waals surface area contributed by atoms with Crippen LogP contribution in [-0.2, 0) is 13.1 Å². The second-order valence-corrected chi connectivity index (χ2v) is 7.36. The number of amides is 2. The second kappa shape index (κ2) is 7.44. The summed E-state index contributed by atoms with van der Waals surface area (Å²) in [4.78, 5) is 19.1. The van der Waals surface area contributed by atoms with E-state index in [-0.39, 0.29) is 12.1 Å².